The van der Waals surface area contributed by atoms with E-state index in [1.807, 2.05) is 145 Å². The highest BCUT2D eigenvalue weighted by Gasteiger charge is 2.46. The van der Waals surface area contributed by atoms with E-state index >= 15 is 0 Å². The Balaban J connectivity index is 0.000000125. The van der Waals surface area contributed by atoms with E-state index in [-0.39, 0.29) is 32.7 Å². The Morgan fingerprint density at radius 2 is 0.474 bits per heavy atom. The molecule has 0 amide bonds. The second-order valence-corrected chi connectivity index (χ2v) is 55.8. The molecule has 0 aliphatic carbocycles. The van der Waals surface area contributed by atoms with E-state index in [9.17, 15) is 12.6 Å². The van der Waals surface area contributed by atoms with Gasteiger partial charge in [0.1, 0.15) is 152 Å². The van der Waals surface area contributed by atoms with Crippen molar-refractivity contribution in [2.45, 2.75) is 88.1 Å². The zero-order valence-electron chi connectivity index (χ0n) is 70.3. The Labute approximate surface area is 967 Å². The van der Waals surface area contributed by atoms with E-state index in [1.165, 1.54) is 58.3 Å². The van der Waals surface area contributed by atoms with Gasteiger partial charge < -0.3 is 42.6 Å². The minimum Gasteiger partial charge on any atom is -0.490 e. The van der Waals surface area contributed by atoms with E-state index in [4.69, 9.17) is 42.6 Å². The number of hydrogen-bond acceptors (Lipinski definition) is 13. The second-order valence-electron chi connectivity index (χ2n) is 29.2. The fourth-order valence-electron chi connectivity index (χ4n) is 14.6. The van der Waals surface area contributed by atoms with Crippen LogP contribution in [-0.4, -0.2) is 65.5 Å². The van der Waals surface area contributed by atoms with E-state index in [1.54, 1.807) is 24.3 Å². The summed E-state index contributed by atoms with van der Waals surface area (Å²) in [6.45, 7) is 3.81. The van der Waals surface area contributed by atoms with Crippen LogP contribution in [-0.2, 0) is 64.2 Å². The third-order valence-corrected chi connectivity index (χ3v) is 44.0. The first kappa shape index (κ1) is 103. The van der Waals surface area contributed by atoms with Crippen LogP contribution in [0.2, 0.25) is 0 Å². The van der Waals surface area contributed by atoms with Crippen LogP contribution >= 0.6 is 283 Å². The maximum atomic E-state index is 13.2. The normalized spacial score (nSPS) is 14.0. The zero-order valence-corrected chi connectivity index (χ0v) is 102. The summed E-state index contributed by atoms with van der Waals surface area (Å²) in [4.78, 5) is 19.2. The Morgan fingerprint density at radius 1 is 0.252 bits per heavy atom. The largest absolute Gasteiger partial charge is 0.490 e. The molecule has 16 aromatic rings. The Hall–Kier alpha value is -3.67. The van der Waals surface area contributed by atoms with Gasteiger partial charge in [-0.05, 0) is 514 Å². The quantitative estimate of drug-likeness (QED) is 0.0323. The number of benzene rings is 16. The predicted octanol–water partition coefficient (Wildman–Crippen LogP) is 31.4. The maximum Gasteiger partial charge on any atom is 0.216 e. The Bertz CT molecular complexity index is 6670. The van der Waals surface area contributed by atoms with E-state index in [0.29, 0.717) is 62.6 Å². The third kappa shape index (κ3) is 25.1. The molecule has 16 aromatic carbocycles. The summed E-state index contributed by atoms with van der Waals surface area (Å²) in [5, 5.41) is 0. The molecule has 0 N–H and O–H groups in total. The molecule has 0 aromatic heterocycles. The lowest BCUT2D eigenvalue weighted by molar-refractivity contribution is 0.215. The molecule has 0 saturated carbocycles. The summed E-state index contributed by atoms with van der Waals surface area (Å²) in [5.74, 6) is 8.78. The third-order valence-electron chi connectivity index (χ3n) is 20.5. The van der Waals surface area contributed by atoms with Gasteiger partial charge in [0, 0.05) is 14.3 Å². The van der Waals surface area contributed by atoms with Gasteiger partial charge in [-0.3, -0.25) is 0 Å². The molecule has 4 heterocycles. The second kappa shape index (κ2) is 48.8. The number of ether oxygens (including phenoxy) is 9. The fraction of sp³-hybridized carbons (Fsp3) is 0.0769. The zero-order chi connectivity index (χ0) is 93.8. The van der Waals surface area contributed by atoms with Crippen LogP contribution in [0.25, 0.3) is 0 Å². The molecule has 0 unspecified atom stereocenters. The summed E-state index contributed by atoms with van der Waals surface area (Å²) >= 11 is 29.6. The van der Waals surface area contributed by atoms with Crippen molar-refractivity contribution in [3.63, 3.8) is 0 Å². The van der Waals surface area contributed by atoms with Crippen LogP contribution in [0.4, 0.5) is 0 Å². The molecule has 0 radical (unpaired) electrons. The first-order chi connectivity index (χ1) is 65.6. The highest BCUT2D eigenvalue weighted by atomic mass is 127. The van der Waals surface area contributed by atoms with Crippen LogP contribution in [0.1, 0.15) is 0 Å². The molecular formula is C104H72I12O12S7+4. The van der Waals surface area contributed by atoms with Crippen LogP contribution in [0, 0.1) is 42.8 Å². The molecular weight excluding hydrogens is 3190 g/mol. The molecule has 0 atom stereocenters. The number of fused-ring (bicyclic) bond motifs is 8. The van der Waals surface area contributed by atoms with Gasteiger partial charge in [0.2, 0.25) is 19.6 Å². The van der Waals surface area contributed by atoms with Crippen molar-refractivity contribution in [3.8, 4) is 57.5 Å². The van der Waals surface area contributed by atoms with Crippen LogP contribution < -0.4 is 42.6 Å². The standard InChI is InChI=1S/C26H18I3O4S2.C26H18I3O3S2.C26H18I3O3S.C26H18I3O2S2/c27-17-15-20(28)26(21(29)16-17)33-14-13-32-18-9-11-19(12-10-18)34-22-5-1-3-7-24(22)35(30,31)25-8-4-2-6-23(25)34;27-17-15-20(28)26(21(29)16-17)32-14-13-31-18-9-11-19(12-10-18)33-22-5-1-3-7-24(22)34(30)25-8-4-2-6-23(25)33;2*27-17-15-20(28)26(21(29)16-17)31-14-13-30-18-9-11-19(12-10-18)33-24-7-3-1-5-22(24)32-23-6-2-4-8-25(23)33/h1-12,15-16H,13-14H2;1-12,15-16H,13-14H2;2*1-12,15-16H,13-14H2/q4*+1. The van der Waals surface area contributed by atoms with E-state index in [0.717, 1.165) is 120 Å². The molecule has 0 fully saturated rings. The molecule has 4 aliphatic rings. The lowest BCUT2D eigenvalue weighted by Crippen LogP contribution is -2.20. The number of sulfone groups is 1. The lowest BCUT2D eigenvalue weighted by atomic mass is 10.3. The Kier molecular flexibility index (Phi) is 37.2. The summed E-state index contributed by atoms with van der Waals surface area (Å²) in [6, 6.07) is 115. The fourth-order valence-corrected chi connectivity index (χ4v) is 45.0. The maximum absolute atomic E-state index is 13.2. The molecule has 12 nitrogen and oxygen atoms in total. The molecule has 682 valence electrons. The van der Waals surface area contributed by atoms with Gasteiger partial charge in [0.05, 0.1) is 58.9 Å². The lowest BCUT2D eigenvalue weighted by Gasteiger charge is -2.19. The van der Waals surface area contributed by atoms with Gasteiger partial charge in [-0.15, -0.1) is 0 Å². The van der Waals surface area contributed by atoms with Gasteiger partial charge in [-0.25, -0.2) is 12.6 Å². The number of halogens is 12. The van der Waals surface area contributed by atoms with Crippen molar-refractivity contribution >= 4 is 347 Å². The van der Waals surface area contributed by atoms with Crippen molar-refractivity contribution in [2.75, 3.05) is 52.9 Å². The Morgan fingerprint density at radius 3 is 0.778 bits per heavy atom. The molecule has 0 saturated heterocycles. The van der Waals surface area contributed by atoms with Gasteiger partial charge >= 0.3 is 0 Å². The SMILES string of the molecule is Ic1cc(I)c(OCCOc2ccc([S+]3c4ccccc4Oc4ccccc43)cc2)c(I)c1.Ic1cc(I)c(OCCOc2ccc([S+]3c4ccccc4Sc4ccccc43)cc2)c(I)c1.O=S1(=O)c2ccccc2[S+](c2ccc(OCCOc3c(I)cc(I)cc3I)cc2)c2ccccc21.O=S1c2ccccc2[S+](c2ccc(OCCOc3c(I)cc(I)cc3I)cc2)c2ccccc21. The van der Waals surface area contributed by atoms with Crippen molar-refractivity contribution in [3.05, 3.63) is 383 Å². The first-order valence-electron chi connectivity index (χ1n) is 41.3. The first-order valence-corrected chi connectivity index (χ1v) is 62.6. The smallest absolute Gasteiger partial charge is 0.216 e. The number of hydrogen-bond donors (Lipinski definition) is 0. The van der Waals surface area contributed by atoms with Crippen LogP contribution in [0.5, 0.6) is 57.5 Å². The van der Waals surface area contributed by atoms with Crippen LogP contribution in [0.3, 0.4) is 0 Å². The molecule has 4 aliphatic heterocycles. The van der Waals surface area contributed by atoms with E-state index < -0.39 is 31.5 Å². The number of rotatable bonds is 24. The highest BCUT2D eigenvalue weighted by molar-refractivity contribution is 14.1. The van der Waals surface area contributed by atoms with E-state index in [2.05, 4.69) is 453 Å². The minimum atomic E-state index is -3.53. The van der Waals surface area contributed by atoms with Crippen molar-refractivity contribution in [1.29, 1.82) is 0 Å². The predicted molar refractivity (Wildman–Crippen MR) is 643 cm³/mol. The summed E-state index contributed by atoms with van der Waals surface area (Å²) in [5.41, 5.74) is 0. The summed E-state index contributed by atoms with van der Waals surface area (Å²) in [6.07, 6.45) is 0. The number of para-hydroxylation sites is 2. The summed E-state index contributed by atoms with van der Waals surface area (Å²) < 4.78 is 107. The van der Waals surface area contributed by atoms with Gasteiger partial charge in [0.15, 0.2) is 60.5 Å². The van der Waals surface area contributed by atoms with Crippen molar-refractivity contribution < 1.29 is 55.3 Å². The van der Waals surface area contributed by atoms with Gasteiger partial charge in [-0.1, -0.05) is 109 Å². The van der Waals surface area contributed by atoms with Gasteiger partial charge in [0.25, 0.3) is 0 Å². The molecule has 0 bridgehead atoms. The summed E-state index contributed by atoms with van der Waals surface area (Å²) in [7, 11) is -5.82. The molecule has 0 spiro atoms. The topological polar surface area (TPSA) is 134 Å². The average Bonchev–Trinajstić information content (AvgIpc) is 0.727. The van der Waals surface area contributed by atoms with Gasteiger partial charge in [-0.2, -0.15) is 0 Å². The molecule has 135 heavy (non-hydrogen) atoms. The minimum absolute atomic E-state index is 0.109. The van der Waals surface area contributed by atoms with Crippen molar-refractivity contribution in [2.24, 2.45) is 0 Å². The highest BCUT2D eigenvalue weighted by Crippen LogP contribution is 2.52. The van der Waals surface area contributed by atoms with Crippen LogP contribution in [0.15, 0.2) is 428 Å². The van der Waals surface area contributed by atoms with Crippen molar-refractivity contribution in [1.82, 2.24) is 0 Å². The molecule has 20 rings (SSSR count). The molecule has 31 heteroatoms. The average molecular weight is 3260 g/mol. The monoisotopic (exact) mass is 3260 g/mol.